The molecular weight excluding hydrogens is 230 g/mol. The maximum Gasteiger partial charge on any atom is 0.255 e. The number of carbonyl (C=O) groups excluding carboxylic acids is 2. The summed E-state index contributed by atoms with van der Waals surface area (Å²) >= 11 is 0. The Hall–Kier alpha value is -1.88. The van der Waals surface area contributed by atoms with Gasteiger partial charge in [0.1, 0.15) is 0 Å². The lowest BCUT2D eigenvalue weighted by Gasteiger charge is -2.16. The molecule has 0 fully saturated rings. The first-order chi connectivity index (χ1) is 8.47. The lowest BCUT2D eigenvalue weighted by Crippen LogP contribution is -2.35. The number of hydrogen-bond donors (Lipinski definition) is 2. The normalized spacial score (nSPS) is 11.8. The summed E-state index contributed by atoms with van der Waals surface area (Å²) in [6.45, 7) is 1.83. The predicted molar refractivity (Wildman–Crippen MR) is 71.4 cm³/mol. The van der Waals surface area contributed by atoms with E-state index in [0.717, 1.165) is 0 Å². The zero-order valence-electron chi connectivity index (χ0n) is 10.9. The first-order valence-corrected chi connectivity index (χ1v) is 5.84. The van der Waals surface area contributed by atoms with E-state index in [-0.39, 0.29) is 11.8 Å². The summed E-state index contributed by atoms with van der Waals surface area (Å²) in [6.07, 6.45) is 0.551. The highest BCUT2D eigenvalue weighted by Gasteiger charge is 2.16. The average molecular weight is 249 g/mol. The van der Waals surface area contributed by atoms with Crippen molar-refractivity contribution in [1.29, 1.82) is 0 Å². The summed E-state index contributed by atoms with van der Waals surface area (Å²) in [7, 11) is 3.33. The topological polar surface area (TPSA) is 75.4 Å². The van der Waals surface area contributed by atoms with Gasteiger partial charge in [-0.3, -0.25) is 9.59 Å². The Morgan fingerprint density at radius 3 is 2.50 bits per heavy atom. The van der Waals surface area contributed by atoms with E-state index in [1.807, 2.05) is 6.92 Å². The zero-order valence-corrected chi connectivity index (χ0v) is 10.9. The van der Waals surface area contributed by atoms with Gasteiger partial charge in [-0.05, 0) is 18.6 Å². The molecule has 3 N–H and O–H groups in total. The molecule has 0 aliphatic carbocycles. The molecule has 0 aromatic heterocycles. The maximum absolute atomic E-state index is 11.9. The number of nitrogens with two attached hydrogens (primary N) is 1. The second kappa shape index (κ2) is 6.16. The Bertz CT molecular complexity index is 444. The number of para-hydroxylation sites is 1. The van der Waals surface area contributed by atoms with Crippen LogP contribution < -0.4 is 11.1 Å². The number of nitrogens with zero attached hydrogens (tertiary/aromatic N) is 1. The van der Waals surface area contributed by atoms with Gasteiger partial charge in [-0.2, -0.15) is 0 Å². The van der Waals surface area contributed by atoms with Gasteiger partial charge >= 0.3 is 0 Å². The fourth-order valence-electron chi connectivity index (χ4n) is 1.43. The van der Waals surface area contributed by atoms with E-state index in [1.54, 1.807) is 38.4 Å². The second-order valence-corrected chi connectivity index (χ2v) is 4.25. The molecule has 0 heterocycles. The van der Waals surface area contributed by atoms with Crippen molar-refractivity contribution in [3.8, 4) is 0 Å². The van der Waals surface area contributed by atoms with E-state index < -0.39 is 6.04 Å². The number of hydrogen-bond acceptors (Lipinski definition) is 3. The number of amides is 2. The van der Waals surface area contributed by atoms with Crippen molar-refractivity contribution in [2.75, 3.05) is 19.4 Å². The van der Waals surface area contributed by atoms with Crippen molar-refractivity contribution >= 4 is 17.5 Å². The number of nitrogens with one attached hydrogen (secondary N) is 1. The van der Waals surface area contributed by atoms with Crippen molar-refractivity contribution in [3.05, 3.63) is 29.8 Å². The molecule has 5 heteroatoms. The van der Waals surface area contributed by atoms with Crippen LogP contribution in [0.25, 0.3) is 0 Å². The van der Waals surface area contributed by atoms with Crippen LogP contribution in [0.15, 0.2) is 24.3 Å². The molecule has 0 saturated carbocycles. The van der Waals surface area contributed by atoms with E-state index in [1.165, 1.54) is 4.90 Å². The molecule has 0 spiro atoms. The quantitative estimate of drug-likeness (QED) is 0.838. The second-order valence-electron chi connectivity index (χ2n) is 4.25. The Labute approximate surface area is 107 Å². The minimum absolute atomic E-state index is 0.157. The first-order valence-electron chi connectivity index (χ1n) is 5.84. The lowest BCUT2D eigenvalue weighted by atomic mass is 10.1. The summed E-state index contributed by atoms with van der Waals surface area (Å²) in [6, 6.07) is 6.32. The Morgan fingerprint density at radius 1 is 1.33 bits per heavy atom. The largest absolute Gasteiger partial charge is 0.345 e. The summed E-state index contributed by atoms with van der Waals surface area (Å²) in [5, 5.41) is 2.69. The van der Waals surface area contributed by atoms with E-state index in [2.05, 4.69) is 5.32 Å². The third kappa shape index (κ3) is 3.30. The van der Waals surface area contributed by atoms with Gasteiger partial charge in [0.2, 0.25) is 5.91 Å². The van der Waals surface area contributed by atoms with Crippen LogP contribution in [0.1, 0.15) is 23.7 Å². The molecule has 1 rings (SSSR count). The molecule has 2 amide bonds. The van der Waals surface area contributed by atoms with Gasteiger partial charge in [0.05, 0.1) is 17.3 Å². The van der Waals surface area contributed by atoms with Crippen LogP contribution in [0.5, 0.6) is 0 Å². The van der Waals surface area contributed by atoms with Crippen molar-refractivity contribution in [3.63, 3.8) is 0 Å². The van der Waals surface area contributed by atoms with E-state index in [9.17, 15) is 9.59 Å². The van der Waals surface area contributed by atoms with Crippen LogP contribution >= 0.6 is 0 Å². The maximum atomic E-state index is 11.9. The third-order valence-corrected chi connectivity index (χ3v) is 2.60. The molecular formula is C13H19N3O2. The minimum atomic E-state index is -0.562. The molecule has 0 unspecified atom stereocenters. The van der Waals surface area contributed by atoms with Gasteiger partial charge in [0.25, 0.3) is 5.91 Å². The molecule has 98 valence electrons. The number of benzene rings is 1. The van der Waals surface area contributed by atoms with Crippen molar-refractivity contribution in [2.24, 2.45) is 5.73 Å². The van der Waals surface area contributed by atoms with Gasteiger partial charge in [0, 0.05) is 14.1 Å². The van der Waals surface area contributed by atoms with Crippen LogP contribution in [0.3, 0.4) is 0 Å². The smallest absolute Gasteiger partial charge is 0.255 e. The lowest BCUT2D eigenvalue weighted by molar-refractivity contribution is -0.117. The molecule has 1 aromatic carbocycles. The SMILES string of the molecule is CC[C@@H](N)C(=O)Nc1ccccc1C(=O)N(C)C. The Morgan fingerprint density at radius 2 is 1.94 bits per heavy atom. The molecule has 5 nitrogen and oxygen atoms in total. The highest BCUT2D eigenvalue weighted by molar-refractivity contribution is 6.04. The molecule has 1 atom stereocenters. The molecule has 18 heavy (non-hydrogen) atoms. The molecule has 0 saturated heterocycles. The first kappa shape index (κ1) is 14.2. The van der Waals surface area contributed by atoms with Crippen LogP contribution in [-0.4, -0.2) is 36.9 Å². The monoisotopic (exact) mass is 249 g/mol. The summed E-state index contributed by atoms with van der Waals surface area (Å²) in [5.74, 6) is -0.438. The van der Waals surface area contributed by atoms with Crippen LogP contribution in [0.4, 0.5) is 5.69 Å². The van der Waals surface area contributed by atoms with E-state index in [0.29, 0.717) is 17.7 Å². The summed E-state index contributed by atoms with van der Waals surface area (Å²) < 4.78 is 0. The van der Waals surface area contributed by atoms with Gasteiger partial charge in [0.15, 0.2) is 0 Å². The zero-order chi connectivity index (χ0) is 13.7. The summed E-state index contributed by atoms with van der Waals surface area (Å²) in [5.41, 5.74) is 6.59. The summed E-state index contributed by atoms with van der Waals surface area (Å²) in [4.78, 5) is 25.1. The van der Waals surface area contributed by atoms with Crippen LogP contribution in [-0.2, 0) is 4.79 Å². The highest BCUT2D eigenvalue weighted by Crippen LogP contribution is 2.16. The molecule has 1 aromatic rings. The molecule has 0 aliphatic rings. The highest BCUT2D eigenvalue weighted by atomic mass is 16.2. The standard InChI is InChI=1S/C13H19N3O2/c1-4-10(14)12(17)15-11-8-6-5-7-9(11)13(18)16(2)3/h5-8,10H,4,14H2,1-3H3,(H,15,17)/t10-/m1/s1. The average Bonchev–Trinajstić information content (AvgIpc) is 2.37. The predicted octanol–water partition coefficient (Wildman–Crippen LogP) is 1.06. The van der Waals surface area contributed by atoms with E-state index >= 15 is 0 Å². The van der Waals surface area contributed by atoms with Crippen molar-refractivity contribution < 1.29 is 9.59 Å². The van der Waals surface area contributed by atoms with Gasteiger partial charge in [-0.15, -0.1) is 0 Å². The van der Waals surface area contributed by atoms with Gasteiger partial charge in [-0.25, -0.2) is 0 Å². The van der Waals surface area contributed by atoms with Crippen LogP contribution in [0, 0.1) is 0 Å². The van der Waals surface area contributed by atoms with Crippen LogP contribution in [0.2, 0.25) is 0 Å². The Kier molecular flexibility index (Phi) is 4.85. The Balaban J connectivity index is 2.96. The fourth-order valence-corrected chi connectivity index (χ4v) is 1.43. The van der Waals surface area contributed by atoms with Gasteiger partial charge < -0.3 is 16.0 Å². The van der Waals surface area contributed by atoms with Gasteiger partial charge in [-0.1, -0.05) is 19.1 Å². The fraction of sp³-hybridized carbons (Fsp3) is 0.385. The van der Waals surface area contributed by atoms with E-state index in [4.69, 9.17) is 5.73 Å². The number of anilines is 1. The number of rotatable bonds is 4. The molecule has 0 radical (unpaired) electrons. The minimum Gasteiger partial charge on any atom is -0.345 e. The number of carbonyl (C=O) groups is 2. The third-order valence-electron chi connectivity index (χ3n) is 2.60. The van der Waals surface area contributed by atoms with Crippen molar-refractivity contribution in [2.45, 2.75) is 19.4 Å². The van der Waals surface area contributed by atoms with Crippen molar-refractivity contribution in [1.82, 2.24) is 4.90 Å². The molecule has 0 bridgehead atoms. The molecule has 0 aliphatic heterocycles.